The quantitative estimate of drug-likeness (QED) is 0.753. The van der Waals surface area contributed by atoms with E-state index in [0.29, 0.717) is 0 Å². The van der Waals surface area contributed by atoms with Gasteiger partial charge in [0.2, 0.25) is 0 Å². The lowest BCUT2D eigenvalue weighted by Crippen LogP contribution is -2.04. The van der Waals surface area contributed by atoms with Crippen molar-refractivity contribution in [3.05, 3.63) is 57.9 Å². The average molecular weight is 241 g/mol. The van der Waals surface area contributed by atoms with Gasteiger partial charge in [0, 0.05) is 23.5 Å². The molecule has 2 nitrogen and oxygen atoms in total. The minimum absolute atomic E-state index is 0.826. The summed E-state index contributed by atoms with van der Waals surface area (Å²) in [7, 11) is 0. The van der Waals surface area contributed by atoms with Crippen molar-refractivity contribution in [2.24, 2.45) is 0 Å². The van der Waals surface area contributed by atoms with Gasteiger partial charge in [-0.1, -0.05) is 29.8 Å². The Morgan fingerprint density at radius 3 is 2.11 bits per heavy atom. The third-order valence-corrected chi connectivity index (χ3v) is 3.73. The minimum atomic E-state index is 0.826. The Labute approximate surface area is 108 Å². The highest BCUT2D eigenvalue weighted by Crippen LogP contribution is 2.21. The van der Waals surface area contributed by atoms with E-state index in [1.54, 1.807) is 0 Å². The van der Waals surface area contributed by atoms with Gasteiger partial charge >= 0.3 is 0 Å². The number of benzene rings is 1. The van der Waals surface area contributed by atoms with Crippen LogP contribution >= 0.6 is 0 Å². The van der Waals surface area contributed by atoms with Gasteiger partial charge in [-0.15, -0.1) is 0 Å². The van der Waals surface area contributed by atoms with Crippen LogP contribution in [0.4, 0.5) is 0 Å². The van der Waals surface area contributed by atoms with Crippen LogP contribution in [0.3, 0.4) is 0 Å². The zero-order valence-electron chi connectivity index (χ0n) is 11.4. The molecule has 0 saturated heterocycles. The smallest absolute Gasteiger partial charge is 0.152 e. The van der Waals surface area contributed by atoms with E-state index >= 15 is 0 Å². The molecule has 18 heavy (non-hydrogen) atoms. The Balaban J connectivity index is 2.40. The zero-order chi connectivity index (χ0) is 13.3. The Morgan fingerprint density at radius 1 is 1.00 bits per heavy atom. The molecule has 0 aliphatic carbocycles. The lowest BCUT2D eigenvalue weighted by molar-refractivity contribution is 0.112. The second-order valence-electron chi connectivity index (χ2n) is 4.90. The van der Waals surface area contributed by atoms with Gasteiger partial charge in [0.05, 0.1) is 0 Å². The lowest BCUT2D eigenvalue weighted by Gasteiger charge is -2.10. The molecule has 2 rings (SSSR count). The van der Waals surface area contributed by atoms with Crippen LogP contribution in [0.2, 0.25) is 0 Å². The number of hydrogen-bond acceptors (Lipinski definition) is 1. The predicted octanol–water partition coefficient (Wildman–Crippen LogP) is 3.58. The highest BCUT2D eigenvalue weighted by molar-refractivity contribution is 5.79. The molecular formula is C16H19NO. The minimum Gasteiger partial charge on any atom is -0.344 e. The number of carbonyl (C=O) groups is 1. The number of hydrogen-bond donors (Lipinski definition) is 0. The normalized spacial score (nSPS) is 10.7. The molecule has 94 valence electrons. The van der Waals surface area contributed by atoms with Gasteiger partial charge in [0.15, 0.2) is 6.29 Å². The Hall–Kier alpha value is -1.83. The van der Waals surface area contributed by atoms with E-state index in [1.807, 2.05) is 13.8 Å². The van der Waals surface area contributed by atoms with Crippen molar-refractivity contribution in [2.75, 3.05) is 0 Å². The summed E-state index contributed by atoms with van der Waals surface area (Å²) in [6, 6.07) is 8.53. The monoisotopic (exact) mass is 241 g/mol. The van der Waals surface area contributed by atoms with E-state index in [4.69, 9.17) is 0 Å². The second kappa shape index (κ2) is 4.81. The lowest BCUT2D eigenvalue weighted by atomic mass is 10.1. The number of aromatic nitrogens is 1. The molecule has 0 spiro atoms. The topological polar surface area (TPSA) is 22.0 Å². The number of nitrogens with zero attached hydrogens (tertiary/aromatic N) is 1. The molecule has 0 saturated carbocycles. The largest absolute Gasteiger partial charge is 0.344 e. The van der Waals surface area contributed by atoms with Crippen molar-refractivity contribution in [2.45, 2.75) is 34.2 Å². The first kappa shape index (κ1) is 12.6. The van der Waals surface area contributed by atoms with E-state index in [-0.39, 0.29) is 0 Å². The van der Waals surface area contributed by atoms with E-state index in [0.717, 1.165) is 29.7 Å². The van der Waals surface area contributed by atoms with Gasteiger partial charge in [0.1, 0.15) is 0 Å². The first-order valence-electron chi connectivity index (χ1n) is 6.21. The van der Waals surface area contributed by atoms with E-state index in [2.05, 4.69) is 42.7 Å². The summed E-state index contributed by atoms with van der Waals surface area (Å²) in [4.78, 5) is 11.1. The Bertz CT molecular complexity index is 576. The van der Waals surface area contributed by atoms with Crippen molar-refractivity contribution in [1.29, 1.82) is 0 Å². The molecule has 2 aromatic rings. The maximum absolute atomic E-state index is 11.1. The molecular weight excluding hydrogens is 222 g/mol. The molecule has 0 amide bonds. The van der Waals surface area contributed by atoms with E-state index in [9.17, 15) is 4.79 Å². The van der Waals surface area contributed by atoms with Crippen LogP contribution < -0.4 is 0 Å². The fourth-order valence-electron chi connectivity index (χ4n) is 2.35. The van der Waals surface area contributed by atoms with Crippen molar-refractivity contribution >= 4 is 6.29 Å². The molecule has 0 radical (unpaired) electrons. The van der Waals surface area contributed by atoms with Crippen LogP contribution in [0.25, 0.3) is 0 Å². The van der Waals surface area contributed by atoms with Gasteiger partial charge in [-0.05, 0) is 38.8 Å². The summed E-state index contributed by atoms with van der Waals surface area (Å²) in [5.74, 6) is 0. The summed E-state index contributed by atoms with van der Waals surface area (Å²) >= 11 is 0. The van der Waals surface area contributed by atoms with Crippen molar-refractivity contribution in [1.82, 2.24) is 4.57 Å². The van der Waals surface area contributed by atoms with E-state index in [1.165, 1.54) is 16.8 Å². The molecule has 0 unspecified atom stereocenters. The Morgan fingerprint density at radius 2 is 1.61 bits per heavy atom. The van der Waals surface area contributed by atoms with Crippen LogP contribution in [0.1, 0.15) is 38.4 Å². The number of rotatable bonds is 3. The third-order valence-electron chi connectivity index (χ3n) is 3.73. The molecule has 0 atom stereocenters. The van der Waals surface area contributed by atoms with Crippen LogP contribution in [-0.4, -0.2) is 10.9 Å². The second-order valence-corrected chi connectivity index (χ2v) is 4.90. The first-order valence-corrected chi connectivity index (χ1v) is 6.21. The van der Waals surface area contributed by atoms with Crippen LogP contribution in [0.15, 0.2) is 24.3 Å². The predicted molar refractivity (Wildman–Crippen MR) is 74.3 cm³/mol. The summed E-state index contributed by atoms with van der Waals surface area (Å²) in [6.07, 6.45) is 0.962. The van der Waals surface area contributed by atoms with Crippen molar-refractivity contribution < 1.29 is 4.79 Å². The zero-order valence-corrected chi connectivity index (χ0v) is 11.4. The third kappa shape index (κ3) is 2.10. The van der Waals surface area contributed by atoms with Crippen LogP contribution in [0, 0.1) is 27.7 Å². The fraction of sp³-hybridized carbons (Fsp3) is 0.312. The molecule has 0 fully saturated rings. The number of aryl methyl sites for hydroxylation is 1. The van der Waals surface area contributed by atoms with E-state index < -0.39 is 0 Å². The summed E-state index contributed by atoms with van der Waals surface area (Å²) in [5, 5.41) is 0. The molecule has 2 heteroatoms. The molecule has 0 aliphatic rings. The van der Waals surface area contributed by atoms with Gasteiger partial charge in [-0.25, -0.2) is 0 Å². The highest BCUT2D eigenvalue weighted by atomic mass is 16.1. The van der Waals surface area contributed by atoms with Gasteiger partial charge in [-0.2, -0.15) is 0 Å². The van der Waals surface area contributed by atoms with Crippen LogP contribution in [0.5, 0.6) is 0 Å². The maximum atomic E-state index is 11.1. The molecule has 1 heterocycles. The molecule has 1 aromatic carbocycles. The first-order chi connectivity index (χ1) is 8.54. The highest BCUT2D eigenvalue weighted by Gasteiger charge is 2.13. The van der Waals surface area contributed by atoms with Gasteiger partial charge in [0.25, 0.3) is 0 Å². The maximum Gasteiger partial charge on any atom is 0.152 e. The van der Waals surface area contributed by atoms with Crippen LogP contribution in [-0.2, 0) is 6.54 Å². The van der Waals surface area contributed by atoms with Crippen molar-refractivity contribution in [3.63, 3.8) is 0 Å². The van der Waals surface area contributed by atoms with Gasteiger partial charge < -0.3 is 4.57 Å². The fourth-order valence-corrected chi connectivity index (χ4v) is 2.35. The molecule has 0 N–H and O–H groups in total. The number of aldehydes is 1. The summed E-state index contributed by atoms with van der Waals surface area (Å²) in [5.41, 5.74) is 6.69. The number of carbonyl (C=O) groups excluding carboxylic acids is 1. The summed E-state index contributed by atoms with van der Waals surface area (Å²) in [6.45, 7) is 9.01. The molecule has 0 bridgehead atoms. The Kier molecular flexibility index (Phi) is 3.37. The summed E-state index contributed by atoms with van der Waals surface area (Å²) < 4.78 is 2.21. The van der Waals surface area contributed by atoms with Crippen molar-refractivity contribution in [3.8, 4) is 0 Å². The molecule has 1 aromatic heterocycles. The molecule has 0 aliphatic heterocycles. The average Bonchev–Trinajstić information content (AvgIpc) is 2.56. The SMILES string of the molecule is Cc1ccc(Cn2c(C)c(C)c(C=O)c2C)cc1. The van der Waals surface area contributed by atoms with Gasteiger partial charge in [-0.3, -0.25) is 4.79 Å². The standard InChI is InChI=1S/C16H19NO/c1-11-5-7-15(8-6-11)9-17-13(3)12(2)16(10-18)14(17)4/h5-8,10H,9H2,1-4H3.